The van der Waals surface area contributed by atoms with Crippen LogP contribution in [0.3, 0.4) is 0 Å². The first-order valence-electron chi connectivity index (χ1n) is 8.05. The Morgan fingerprint density at radius 2 is 2.12 bits per heavy atom. The van der Waals surface area contributed by atoms with Gasteiger partial charge in [0.25, 0.3) is 0 Å². The molecule has 1 N–H and O–H groups in total. The molecular formula is C18H17N5O2. The second-order valence-electron chi connectivity index (χ2n) is 6.02. The molecule has 1 amide bonds. The van der Waals surface area contributed by atoms with Gasteiger partial charge < -0.3 is 10.1 Å². The molecule has 0 saturated heterocycles. The molecule has 0 radical (unpaired) electrons. The molecule has 0 saturated carbocycles. The average Bonchev–Trinajstić information content (AvgIpc) is 3.07. The zero-order valence-electron chi connectivity index (χ0n) is 13.7. The molecule has 1 aromatic heterocycles. The van der Waals surface area contributed by atoms with Crippen LogP contribution in [0.25, 0.3) is 11.4 Å². The fourth-order valence-electron chi connectivity index (χ4n) is 2.95. The molecule has 3 aromatic rings. The van der Waals surface area contributed by atoms with Crippen molar-refractivity contribution >= 4 is 11.6 Å². The first kappa shape index (κ1) is 15.3. The van der Waals surface area contributed by atoms with Gasteiger partial charge in [-0.15, -0.1) is 5.10 Å². The number of amides is 1. The number of ether oxygens (including phenoxy) is 1. The molecule has 0 aliphatic carbocycles. The number of aromatic nitrogens is 4. The number of tetrazole rings is 1. The minimum Gasteiger partial charge on any atom is -0.492 e. The van der Waals surface area contributed by atoms with Crippen molar-refractivity contribution in [3.63, 3.8) is 0 Å². The summed E-state index contributed by atoms with van der Waals surface area (Å²) in [6, 6.07) is 15.3. The highest BCUT2D eigenvalue weighted by atomic mass is 16.5. The predicted octanol–water partition coefficient (Wildman–Crippen LogP) is 2.07. The van der Waals surface area contributed by atoms with E-state index in [1.54, 1.807) is 11.7 Å². The smallest absolute Gasteiger partial charge is 0.231 e. The van der Waals surface area contributed by atoms with Gasteiger partial charge in [0.05, 0.1) is 5.92 Å². The normalized spacial score (nSPS) is 16.0. The summed E-state index contributed by atoms with van der Waals surface area (Å²) >= 11 is 0. The summed E-state index contributed by atoms with van der Waals surface area (Å²) in [6.45, 7) is 0.385. The van der Waals surface area contributed by atoms with E-state index in [9.17, 15) is 4.79 Å². The maximum atomic E-state index is 12.6. The van der Waals surface area contributed by atoms with Crippen molar-refractivity contribution in [1.29, 1.82) is 0 Å². The second-order valence-corrected chi connectivity index (χ2v) is 6.02. The molecule has 0 bridgehead atoms. The largest absolute Gasteiger partial charge is 0.492 e. The van der Waals surface area contributed by atoms with Crippen LogP contribution in [0.5, 0.6) is 5.75 Å². The van der Waals surface area contributed by atoms with Gasteiger partial charge in [-0.1, -0.05) is 30.3 Å². The number of para-hydroxylation sites is 1. The van der Waals surface area contributed by atoms with Crippen molar-refractivity contribution in [3.8, 4) is 17.1 Å². The number of hydrogen-bond acceptors (Lipinski definition) is 5. The molecule has 126 valence electrons. The minimum atomic E-state index is -0.213. The monoisotopic (exact) mass is 335 g/mol. The number of nitrogens with one attached hydrogen (secondary N) is 1. The molecule has 0 spiro atoms. The van der Waals surface area contributed by atoms with Gasteiger partial charge in [-0.2, -0.15) is 0 Å². The van der Waals surface area contributed by atoms with Gasteiger partial charge in [0, 0.05) is 18.3 Å². The molecule has 1 aliphatic heterocycles. The maximum Gasteiger partial charge on any atom is 0.231 e. The van der Waals surface area contributed by atoms with Crippen molar-refractivity contribution in [1.82, 2.24) is 20.2 Å². The van der Waals surface area contributed by atoms with E-state index in [0.717, 1.165) is 16.9 Å². The molecule has 2 heterocycles. The van der Waals surface area contributed by atoms with Crippen molar-refractivity contribution in [2.45, 2.75) is 6.42 Å². The van der Waals surface area contributed by atoms with Gasteiger partial charge in [-0.25, -0.2) is 4.68 Å². The lowest BCUT2D eigenvalue weighted by molar-refractivity contribution is -0.121. The fourth-order valence-corrected chi connectivity index (χ4v) is 2.95. The number of carbonyl (C=O) groups excluding carboxylic acids is 1. The predicted molar refractivity (Wildman–Crippen MR) is 92.0 cm³/mol. The number of rotatable bonds is 3. The molecule has 2 aromatic carbocycles. The third-order valence-corrected chi connectivity index (χ3v) is 4.26. The second kappa shape index (κ2) is 6.35. The first-order valence-corrected chi connectivity index (χ1v) is 8.05. The van der Waals surface area contributed by atoms with E-state index < -0.39 is 0 Å². The zero-order chi connectivity index (χ0) is 17.2. The number of nitrogens with zero attached hydrogens (tertiary/aromatic N) is 4. The third-order valence-electron chi connectivity index (χ3n) is 4.26. The van der Waals surface area contributed by atoms with Crippen molar-refractivity contribution in [2.24, 2.45) is 13.0 Å². The zero-order valence-corrected chi connectivity index (χ0v) is 13.7. The maximum absolute atomic E-state index is 12.6. The number of carbonyl (C=O) groups is 1. The summed E-state index contributed by atoms with van der Waals surface area (Å²) in [6.07, 6.45) is 0.675. The Morgan fingerprint density at radius 1 is 1.24 bits per heavy atom. The third kappa shape index (κ3) is 3.08. The first-order chi connectivity index (χ1) is 12.2. The van der Waals surface area contributed by atoms with E-state index in [-0.39, 0.29) is 11.8 Å². The quantitative estimate of drug-likeness (QED) is 0.792. The molecule has 1 atom stereocenters. The summed E-state index contributed by atoms with van der Waals surface area (Å²) in [5.41, 5.74) is 2.62. The van der Waals surface area contributed by atoms with Crippen molar-refractivity contribution in [3.05, 3.63) is 54.1 Å². The van der Waals surface area contributed by atoms with E-state index >= 15 is 0 Å². The van der Waals surface area contributed by atoms with Gasteiger partial charge in [0.15, 0.2) is 5.82 Å². The molecule has 1 unspecified atom stereocenters. The molecule has 0 fully saturated rings. The van der Waals surface area contributed by atoms with E-state index in [1.165, 1.54) is 0 Å². The summed E-state index contributed by atoms with van der Waals surface area (Å²) in [5, 5.41) is 14.4. The van der Waals surface area contributed by atoms with Crippen molar-refractivity contribution in [2.75, 3.05) is 11.9 Å². The highest BCUT2D eigenvalue weighted by Crippen LogP contribution is 2.28. The van der Waals surface area contributed by atoms with Crippen LogP contribution in [0.15, 0.2) is 48.5 Å². The van der Waals surface area contributed by atoms with E-state index in [4.69, 9.17) is 4.74 Å². The topological polar surface area (TPSA) is 81.9 Å². The Bertz CT molecular complexity index is 921. The number of hydrogen-bond donors (Lipinski definition) is 1. The summed E-state index contributed by atoms with van der Waals surface area (Å²) in [7, 11) is 1.78. The molecule has 1 aliphatic rings. The van der Waals surface area contributed by atoms with Gasteiger partial charge in [-0.05, 0) is 40.6 Å². The Morgan fingerprint density at radius 3 is 2.96 bits per heavy atom. The van der Waals surface area contributed by atoms with Crippen LogP contribution in [0.1, 0.15) is 5.56 Å². The Balaban J connectivity index is 1.49. The van der Waals surface area contributed by atoms with Crippen LogP contribution in [0, 0.1) is 5.92 Å². The Hall–Kier alpha value is -3.22. The Labute approximate surface area is 144 Å². The van der Waals surface area contributed by atoms with Gasteiger partial charge in [0.2, 0.25) is 5.91 Å². The minimum absolute atomic E-state index is 0.0530. The molecule has 7 nitrogen and oxygen atoms in total. The molecule has 7 heteroatoms. The number of benzene rings is 2. The van der Waals surface area contributed by atoms with Crippen LogP contribution < -0.4 is 10.1 Å². The highest BCUT2D eigenvalue weighted by Gasteiger charge is 2.25. The van der Waals surface area contributed by atoms with E-state index in [1.807, 2.05) is 48.5 Å². The van der Waals surface area contributed by atoms with Crippen LogP contribution in [0.4, 0.5) is 5.69 Å². The Kier molecular flexibility index (Phi) is 3.89. The fraction of sp³-hybridized carbons (Fsp3) is 0.222. The van der Waals surface area contributed by atoms with Crippen molar-refractivity contribution < 1.29 is 9.53 Å². The lowest BCUT2D eigenvalue weighted by atomic mass is 9.96. The summed E-state index contributed by atoms with van der Waals surface area (Å²) in [5.74, 6) is 1.24. The van der Waals surface area contributed by atoms with Crippen LogP contribution in [0.2, 0.25) is 0 Å². The SMILES string of the molecule is Cn1nnnc1-c1cccc(NC(=O)C2COc3ccccc3C2)c1. The van der Waals surface area contributed by atoms with E-state index in [2.05, 4.69) is 20.8 Å². The van der Waals surface area contributed by atoms with Crippen LogP contribution >= 0.6 is 0 Å². The van der Waals surface area contributed by atoms with E-state index in [0.29, 0.717) is 24.5 Å². The number of anilines is 1. The van der Waals surface area contributed by atoms with Gasteiger partial charge in [-0.3, -0.25) is 4.79 Å². The lowest BCUT2D eigenvalue weighted by Crippen LogP contribution is -2.32. The molecular weight excluding hydrogens is 318 g/mol. The van der Waals surface area contributed by atoms with Crippen LogP contribution in [-0.2, 0) is 18.3 Å². The number of aryl methyl sites for hydroxylation is 1. The lowest BCUT2D eigenvalue weighted by Gasteiger charge is -2.24. The van der Waals surface area contributed by atoms with Gasteiger partial charge in [0.1, 0.15) is 12.4 Å². The summed E-state index contributed by atoms with van der Waals surface area (Å²) in [4.78, 5) is 12.6. The molecule has 4 rings (SSSR count). The average molecular weight is 335 g/mol. The van der Waals surface area contributed by atoms with Crippen LogP contribution in [-0.4, -0.2) is 32.7 Å². The van der Waals surface area contributed by atoms with Gasteiger partial charge >= 0.3 is 0 Å². The highest BCUT2D eigenvalue weighted by molar-refractivity contribution is 5.93. The summed E-state index contributed by atoms with van der Waals surface area (Å²) < 4.78 is 7.29. The standard InChI is InChI=1S/C18H17N5O2/c1-23-17(20-21-22-23)13-6-4-7-15(10-13)19-18(24)14-9-12-5-2-3-8-16(12)25-11-14/h2-8,10,14H,9,11H2,1H3,(H,19,24). The number of fused-ring (bicyclic) bond motifs is 1. The molecule has 25 heavy (non-hydrogen) atoms.